The van der Waals surface area contributed by atoms with Crippen LogP contribution in [-0.2, 0) is 0 Å². The van der Waals surface area contributed by atoms with Gasteiger partial charge >= 0.3 is 6.03 Å². The van der Waals surface area contributed by atoms with Crippen LogP contribution in [0.15, 0.2) is 24.3 Å². The third-order valence-electron chi connectivity index (χ3n) is 3.23. The van der Waals surface area contributed by atoms with E-state index in [2.05, 4.69) is 16.0 Å². The Morgan fingerprint density at radius 1 is 0.895 bits per heavy atom. The lowest BCUT2D eigenvalue weighted by Gasteiger charge is -2.07. The van der Waals surface area contributed by atoms with Crippen molar-refractivity contribution in [3.8, 4) is 0 Å². The van der Waals surface area contributed by atoms with Crippen LogP contribution in [0.4, 0.5) is 10.5 Å². The molecule has 3 rings (SSSR count). The molecule has 2 aliphatic carbocycles. The molecule has 0 unspecified atom stereocenters. The Kier molecular flexibility index (Phi) is 3.11. The Balaban J connectivity index is 1.54. The molecule has 0 saturated heterocycles. The largest absolute Gasteiger partial charge is 0.349 e. The van der Waals surface area contributed by atoms with Gasteiger partial charge in [-0.2, -0.15) is 0 Å². The van der Waals surface area contributed by atoms with Crippen LogP contribution in [0.5, 0.6) is 0 Å². The van der Waals surface area contributed by atoms with E-state index in [0.717, 1.165) is 25.7 Å². The average molecular weight is 259 g/mol. The van der Waals surface area contributed by atoms with Crippen LogP contribution in [0.25, 0.3) is 0 Å². The first-order valence-corrected chi connectivity index (χ1v) is 6.69. The van der Waals surface area contributed by atoms with Crippen molar-refractivity contribution in [3.05, 3.63) is 29.8 Å². The molecular weight excluding hydrogens is 242 g/mol. The molecule has 100 valence electrons. The monoisotopic (exact) mass is 259 g/mol. The zero-order valence-corrected chi connectivity index (χ0v) is 10.6. The van der Waals surface area contributed by atoms with E-state index in [-0.39, 0.29) is 11.9 Å². The minimum absolute atomic E-state index is 0.0449. The average Bonchev–Trinajstić information content (AvgIpc) is 3.26. The number of hydrogen-bond acceptors (Lipinski definition) is 2. The Bertz CT molecular complexity index is 490. The molecule has 1 aromatic rings. The molecule has 2 aliphatic rings. The van der Waals surface area contributed by atoms with Gasteiger partial charge in [0.25, 0.3) is 5.91 Å². The van der Waals surface area contributed by atoms with Gasteiger partial charge in [0.2, 0.25) is 0 Å². The molecule has 0 aliphatic heterocycles. The molecule has 19 heavy (non-hydrogen) atoms. The molecule has 0 spiro atoms. The SMILES string of the molecule is O=C(Nc1ccc(C(=O)NC2CC2)cc1)NC1CC1. The van der Waals surface area contributed by atoms with Crippen molar-refractivity contribution in [2.24, 2.45) is 0 Å². The van der Waals surface area contributed by atoms with Gasteiger partial charge in [-0.1, -0.05) is 0 Å². The standard InChI is InChI=1S/C14H17N3O2/c18-13(15-10-5-6-10)9-1-3-11(4-2-9)16-14(19)17-12-7-8-12/h1-4,10,12H,5-8H2,(H,15,18)(H2,16,17,19). The zero-order chi connectivity index (χ0) is 13.2. The summed E-state index contributed by atoms with van der Waals surface area (Å²) in [5.74, 6) is -0.0449. The van der Waals surface area contributed by atoms with E-state index >= 15 is 0 Å². The van der Waals surface area contributed by atoms with E-state index in [4.69, 9.17) is 0 Å². The second-order valence-electron chi connectivity index (χ2n) is 5.20. The van der Waals surface area contributed by atoms with Crippen LogP contribution in [-0.4, -0.2) is 24.0 Å². The molecule has 0 aromatic heterocycles. The van der Waals surface area contributed by atoms with Crippen LogP contribution in [0.3, 0.4) is 0 Å². The predicted octanol–water partition coefficient (Wildman–Crippen LogP) is 1.86. The maximum atomic E-state index is 11.8. The molecule has 5 heteroatoms. The molecule has 0 bridgehead atoms. The summed E-state index contributed by atoms with van der Waals surface area (Å²) in [6.45, 7) is 0. The maximum Gasteiger partial charge on any atom is 0.319 e. The van der Waals surface area contributed by atoms with Gasteiger partial charge in [-0.15, -0.1) is 0 Å². The normalized spacial score (nSPS) is 17.7. The highest BCUT2D eigenvalue weighted by Gasteiger charge is 2.24. The van der Waals surface area contributed by atoms with Crippen LogP contribution < -0.4 is 16.0 Å². The number of anilines is 1. The van der Waals surface area contributed by atoms with Gasteiger partial charge in [0.15, 0.2) is 0 Å². The summed E-state index contributed by atoms with van der Waals surface area (Å²) in [4.78, 5) is 23.3. The minimum atomic E-state index is -0.183. The van der Waals surface area contributed by atoms with E-state index < -0.39 is 0 Å². The van der Waals surface area contributed by atoms with Crippen molar-refractivity contribution in [1.29, 1.82) is 0 Å². The molecule has 0 radical (unpaired) electrons. The number of carbonyl (C=O) groups excluding carboxylic acids is 2. The van der Waals surface area contributed by atoms with Gasteiger partial charge < -0.3 is 16.0 Å². The molecule has 0 atom stereocenters. The van der Waals surface area contributed by atoms with Crippen molar-refractivity contribution in [2.75, 3.05) is 5.32 Å². The van der Waals surface area contributed by atoms with Gasteiger partial charge in [0, 0.05) is 23.3 Å². The fourth-order valence-electron chi connectivity index (χ4n) is 1.78. The van der Waals surface area contributed by atoms with Crippen LogP contribution in [0, 0.1) is 0 Å². The molecule has 2 saturated carbocycles. The topological polar surface area (TPSA) is 70.2 Å². The lowest BCUT2D eigenvalue weighted by Crippen LogP contribution is -2.30. The first kappa shape index (κ1) is 12.0. The van der Waals surface area contributed by atoms with Crippen LogP contribution in [0.2, 0.25) is 0 Å². The summed E-state index contributed by atoms with van der Waals surface area (Å²) >= 11 is 0. The van der Waals surface area contributed by atoms with E-state index in [0.29, 0.717) is 23.3 Å². The second-order valence-corrected chi connectivity index (χ2v) is 5.20. The predicted molar refractivity (Wildman–Crippen MR) is 72.1 cm³/mol. The summed E-state index contributed by atoms with van der Waals surface area (Å²) in [6, 6.07) is 7.45. The van der Waals surface area contributed by atoms with Crippen molar-refractivity contribution in [1.82, 2.24) is 10.6 Å². The lowest BCUT2D eigenvalue weighted by molar-refractivity contribution is 0.0951. The fourth-order valence-corrected chi connectivity index (χ4v) is 1.78. The van der Waals surface area contributed by atoms with Crippen LogP contribution >= 0.6 is 0 Å². The molecule has 0 heterocycles. The smallest absolute Gasteiger partial charge is 0.319 e. The minimum Gasteiger partial charge on any atom is -0.349 e. The fraction of sp³-hybridized carbons (Fsp3) is 0.429. The van der Waals surface area contributed by atoms with Gasteiger partial charge in [0.05, 0.1) is 0 Å². The van der Waals surface area contributed by atoms with Gasteiger partial charge in [-0.25, -0.2) is 4.79 Å². The van der Waals surface area contributed by atoms with E-state index in [1.807, 2.05) is 0 Å². The van der Waals surface area contributed by atoms with Gasteiger partial charge in [-0.05, 0) is 49.9 Å². The quantitative estimate of drug-likeness (QED) is 0.772. The maximum absolute atomic E-state index is 11.8. The number of urea groups is 1. The second kappa shape index (κ2) is 4.91. The molecule has 2 fully saturated rings. The number of rotatable bonds is 4. The van der Waals surface area contributed by atoms with Gasteiger partial charge in [0.1, 0.15) is 0 Å². The summed E-state index contributed by atoms with van der Waals surface area (Å²) in [5.41, 5.74) is 1.32. The van der Waals surface area contributed by atoms with Crippen molar-refractivity contribution < 1.29 is 9.59 Å². The summed E-state index contributed by atoms with van der Waals surface area (Å²) in [7, 11) is 0. The molecule has 3 amide bonds. The number of benzene rings is 1. The first-order chi connectivity index (χ1) is 9.20. The Morgan fingerprint density at radius 3 is 2.05 bits per heavy atom. The van der Waals surface area contributed by atoms with Gasteiger partial charge in [-0.3, -0.25) is 4.79 Å². The van der Waals surface area contributed by atoms with E-state index in [1.165, 1.54) is 0 Å². The van der Waals surface area contributed by atoms with E-state index in [1.54, 1.807) is 24.3 Å². The number of amides is 3. The summed E-state index contributed by atoms with van der Waals surface area (Å²) < 4.78 is 0. The molecule has 5 nitrogen and oxygen atoms in total. The lowest BCUT2D eigenvalue weighted by atomic mass is 10.2. The van der Waals surface area contributed by atoms with E-state index in [9.17, 15) is 9.59 Å². The third-order valence-corrected chi connectivity index (χ3v) is 3.23. The Morgan fingerprint density at radius 2 is 1.47 bits per heavy atom. The van der Waals surface area contributed by atoms with Crippen molar-refractivity contribution in [2.45, 2.75) is 37.8 Å². The highest BCUT2D eigenvalue weighted by molar-refractivity contribution is 5.95. The molecule has 3 N–H and O–H groups in total. The number of carbonyl (C=O) groups is 2. The summed E-state index contributed by atoms with van der Waals surface area (Å²) in [5, 5.41) is 8.52. The zero-order valence-electron chi connectivity index (χ0n) is 10.6. The van der Waals surface area contributed by atoms with Crippen LogP contribution in [0.1, 0.15) is 36.0 Å². The highest BCUT2D eigenvalue weighted by atomic mass is 16.2. The molecule has 1 aromatic carbocycles. The van der Waals surface area contributed by atoms with Crippen molar-refractivity contribution in [3.63, 3.8) is 0 Å². The Hall–Kier alpha value is -2.04. The molecular formula is C14H17N3O2. The first-order valence-electron chi connectivity index (χ1n) is 6.69. The van der Waals surface area contributed by atoms with Crippen molar-refractivity contribution >= 4 is 17.6 Å². The third kappa shape index (κ3) is 3.47. The summed E-state index contributed by atoms with van der Waals surface area (Å²) in [6.07, 6.45) is 4.28. The Labute approximate surface area is 111 Å². The number of nitrogens with one attached hydrogen (secondary N) is 3. The number of hydrogen-bond donors (Lipinski definition) is 3. The highest BCUT2D eigenvalue weighted by Crippen LogP contribution is 2.20.